The van der Waals surface area contributed by atoms with E-state index in [0.29, 0.717) is 17.4 Å². The van der Waals surface area contributed by atoms with Gasteiger partial charge in [-0.1, -0.05) is 33.8 Å². The fourth-order valence-electron chi connectivity index (χ4n) is 2.31. The summed E-state index contributed by atoms with van der Waals surface area (Å²) in [4.78, 5) is 11.3. The molecule has 0 aliphatic carbocycles. The Labute approximate surface area is 113 Å². The van der Waals surface area contributed by atoms with E-state index in [0.717, 1.165) is 17.4 Å². The van der Waals surface area contributed by atoms with Gasteiger partial charge in [-0.05, 0) is 36.0 Å². The number of hydrogen-bond donors (Lipinski definition) is 1. The highest BCUT2D eigenvalue weighted by Crippen LogP contribution is 2.30. The minimum atomic E-state index is -0.988. The summed E-state index contributed by atoms with van der Waals surface area (Å²) in [5.74, 6) is -0.0939. The van der Waals surface area contributed by atoms with E-state index in [1.165, 1.54) is 5.56 Å². The number of furan rings is 1. The van der Waals surface area contributed by atoms with Gasteiger partial charge in [0.1, 0.15) is 5.58 Å². The maximum Gasteiger partial charge on any atom is 0.372 e. The second kappa shape index (κ2) is 5.08. The highest BCUT2D eigenvalue weighted by atomic mass is 16.4. The first-order valence-electron chi connectivity index (χ1n) is 6.68. The third-order valence-corrected chi connectivity index (χ3v) is 3.29. The number of carboxylic acids is 1. The van der Waals surface area contributed by atoms with E-state index in [-0.39, 0.29) is 5.76 Å². The minimum Gasteiger partial charge on any atom is -0.475 e. The molecule has 0 unspecified atom stereocenters. The van der Waals surface area contributed by atoms with Crippen LogP contribution in [-0.2, 0) is 6.42 Å². The quantitative estimate of drug-likeness (QED) is 0.883. The van der Waals surface area contributed by atoms with Gasteiger partial charge in [-0.25, -0.2) is 4.79 Å². The molecule has 1 heterocycles. The van der Waals surface area contributed by atoms with Crippen LogP contribution in [0.3, 0.4) is 0 Å². The van der Waals surface area contributed by atoms with Crippen molar-refractivity contribution < 1.29 is 14.3 Å². The third-order valence-electron chi connectivity index (χ3n) is 3.29. The van der Waals surface area contributed by atoms with Gasteiger partial charge in [-0.3, -0.25) is 0 Å². The van der Waals surface area contributed by atoms with E-state index < -0.39 is 5.97 Å². The van der Waals surface area contributed by atoms with Gasteiger partial charge in [0.2, 0.25) is 5.76 Å². The molecular formula is C16H20O3. The number of benzene rings is 1. The van der Waals surface area contributed by atoms with Crippen molar-refractivity contribution in [1.82, 2.24) is 0 Å². The Hall–Kier alpha value is -1.77. The second-order valence-corrected chi connectivity index (χ2v) is 5.72. The normalized spacial score (nSPS) is 11.7. The van der Waals surface area contributed by atoms with E-state index in [2.05, 4.69) is 33.8 Å². The molecule has 1 aromatic carbocycles. The van der Waals surface area contributed by atoms with Crippen LogP contribution in [-0.4, -0.2) is 11.1 Å². The van der Waals surface area contributed by atoms with E-state index in [4.69, 9.17) is 4.42 Å². The Balaban J connectivity index is 2.66. The average molecular weight is 260 g/mol. The van der Waals surface area contributed by atoms with Gasteiger partial charge in [0.25, 0.3) is 0 Å². The Bertz CT molecular complexity index is 606. The summed E-state index contributed by atoms with van der Waals surface area (Å²) in [5.41, 5.74) is 2.69. The zero-order valence-corrected chi connectivity index (χ0v) is 11.9. The molecule has 1 N–H and O–H groups in total. The lowest BCUT2D eigenvalue weighted by Crippen LogP contribution is -2.02. The van der Waals surface area contributed by atoms with Crippen molar-refractivity contribution in [3.63, 3.8) is 0 Å². The van der Waals surface area contributed by atoms with Crippen molar-refractivity contribution in [3.05, 3.63) is 35.1 Å². The van der Waals surface area contributed by atoms with Crippen LogP contribution >= 0.6 is 0 Å². The van der Waals surface area contributed by atoms with Crippen molar-refractivity contribution >= 4 is 16.9 Å². The Kier molecular flexibility index (Phi) is 3.65. The summed E-state index contributed by atoms with van der Waals surface area (Å²) in [6.45, 7) is 8.41. The number of rotatable bonds is 4. The molecule has 0 aliphatic heterocycles. The fraction of sp³-hybridized carbons (Fsp3) is 0.438. The molecule has 0 saturated heterocycles. The monoisotopic (exact) mass is 260 g/mol. The molecule has 0 spiro atoms. The van der Waals surface area contributed by atoms with Crippen LogP contribution in [0, 0.1) is 5.92 Å². The molecule has 0 fully saturated rings. The predicted molar refractivity (Wildman–Crippen MR) is 75.8 cm³/mol. The standard InChI is InChI=1S/C16H20O3/c1-9(2)7-13-12-8-11(10(3)4)5-6-14(12)19-15(13)16(17)18/h5-6,8-10H,7H2,1-4H3,(H,17,18). The topological polar surface area (TPSA) is 50.4 Å². The molecule has 1 aromatic heterocycles. The Morgan fingerprint density at radius 1 is 1.26 bits per heavy atom. The van der Waals surface area contributed by atoms with E-state index in [9.17, 15) is 9.90 Å². The molecule has 0 radical (unpaired) electrons. The first-order valence-corrected chi connectivity index (χ1v) is 6.68. The lowest BCUT2D eigenvalue weighted by molar-refractivity contribution is 0.0663. The molecule has 0 saturated carbocycles. The van der Waals surface area contributed by atoms with Gasteiger partial charge < -0.3 is 9.52 Å². The average Bonchev–Trinajstić information content (AvgIpc) is 2.66. The van der Waals surface area contributed by atoms with Crippen LogP contribution in [0.5, 0.6) is 0 Å². The summed E-state index contributed by atoms with van der Waals surface area (Å²) >= 11 is 0. The van der Waals surface area contributed by atoms with Crippen LogP contribution in [0.2, 0.25) is 0 Å². The maximum absolute atomic E-state index is 11.3. The van der Waals surface area contributed by atoms with Crippen molar-refractivity contribution in [2.45, 2.75) is 40.0 Å². The molecule has 3 heteroatoms. The van der Waals surface area contributed by atoms with Gasteiger partial charge in [0.05, 0.1) is 0 Å². The summed E-state index contributed by atoms with van der Waals surface area (Å²) in [6, 6.07) is 5.94. The second-order valence-electron chi connectivity index (χ2n) is 5.72. The van der Waals surface area contributed by atoms with Crippen LogP contribution in [0.4, 0.5) is 0 Å². The summed E-state index contributed by atoms with van der Waals surface area (Å²) in [5, 5.41) is 10.2. The predicted octanol–water partition coefficient (Wildman–Crippen LogP) is 4.45. The van der Waals surface area contributed by atoms with Gasteiger partial charge in [-0.2, -0.15) is 0 Å². The number of carbonyl (C=O) groups is 1. The Morgan fingerprint density at radius 2 is 1.95 bits per heavy atom. The van der Waals surface area contributed by atoms with Crippen molar-refractivity contribution in [3.8, 4) is 0 Å². The highest BCUT2D eigenvalue weighted by molar-refractivity contribution is 5.95. The number of fused-ring (bicyclic) bond motifs is 1. The van der Waals surface area contributed by atoms with Crippen molar-refractivity contribution in [2.24, 2.45) is 5.92 Å². The molecule has 19 heavy (non-hydrogen) atoms. The molecule has 0 amide bonds. The van der Waals surface area contributed by atoms with Crippen molar-refractivity contribution in [2.75, 3.05) is 0 Å². The lowest BCUT2D eigenvalue weighted by Gasteiger charge is -2.07. The number of hydrogen-bond acceptors (Lipinski definition) is 2. The highest BCUT2D eigenvalue weighted by Gasteiger charge is 2.21. The third kappa shape index (κ3) is 2.65. The fourth-order valence-corrected chi connectivity index (χ4v) is 2.31. The molecule has 0 bridgehead atoms. The molecule has 102 valence electrons. The van der Waals surface area contributed by atoms with Crippen LogP contribution < -0.4 is 0 Å². The SMILES string of the molecule is CC(C)Cc1c(C(=O)O)oc2ccc(C(C)C)cc12. The zero-order valence-electron chi connectivity index (χ0n) is 11.9. The van der Waals surface area contributed by atoms with E-state index in [1.807, 2.05) is 12.1 Å². The molecule has 0 aliphatic rings. The van der Waals surface area contributed by atoms with Crippen molar-refractivity contribution in [1.29, 1.82) is 0 Å². The molecule has 0 atom stereocenters. The first-order chi connectivity index (χ1) is 8.90. The smallest absolute Gasteiger partial charge is 0.372 e. The van der Waals surface area contributed by atoms with Crippen LogP contribution in [0.25, 0.3) is 11.0 Å². The minimum absolute atomic E-state index is 0.0876. The lowest BCUT2D eigenvalue weighted by atomic mass is 9.96. The van der Waals surface area contributed by atoms with E-state index in [1.54, 1.807) is 0 Å². The van der Waals surface area contributed by atoms with Crippen LogP contribution in [0.15, 0.2) is 22.6 Å². The molecule has 2 rings (SSSR count). The maximum atomic E-state index is 11.3. The molecular weight excluding hydrogens is 240 g/mol. The zero-order chi connectivity index (χ0) is 14.2. The number of carboxylic acid groups (broad SMARTS) is 1. The van der Waals surface area contributed by atoms with Crippen LogP contribution in [0.1, 0.15) is 55.3 Å². The van der Waals surface area contributed by atoms with Gasteiger partial charge >= 0.3 is 5.97 Å². The summed E-state index contributed by atoms with van der Waals surface area (Å²) < 4.78 is 5.50. The largest absolute Gasteiger partial charge is 0.475 e. The number of aromatic carboxylic acids is 1. The first kappa shape index (κ1) is 13.7. The Morgan fingerprint density at radius 3 is 2.47 bits per heavy atom. The van der Waals surface area contributed by atoms with E-state index >= 15 is 0 Å². The summed E-state index contributed by atoms with van der Waals surface area (Å²) in [6.07, 6.45) is 0.718. The van der Waals surface area contributed by atoms with Gasteiger partial charge in [0, 0.05) is 10.9 Å². The molecule has 3 nitrogen and oxygen atoms in total. The van der Waals surface area contributed by atoms with Gasteiger partial charge in [-0.15, -0.1) is 0 Å². The van der Waals surface area contributed by atoms with Gasteiger partial charge in [0.15, 0.2) is 0 Å². The summed E-state index contributed by atoms with van der Waals surface area (Å²) in [7, 11) is 0. The molecule has 2 aromatic rings.